The van der Waals surface area contributed by atoms with Gasteiger partial charge in [-0.15, -0.1) is 0 Å². The topological polar surface area (TPSA) is 176 Å². The highest BCUT2D eigenvalue weighted by Crippen LogP contribution is 2.40. The third kappa shape index (κ3) is 11.1. The molecule has 7 aromatic rings. The minimum atomic E-state index is -4.06. The summed E-state index contributed by atoms with van der Waals surface area (Å²) >= 11 is 0.998. The molecule has 3 N–H and O–H groups in total. The lowest BCUT2D eigenvalue weighted by molar-refractivity contribution is -0.0267. The molecular formula is C43H38F2N6O6S3. The Morgan fingerprint density at radius 1 is 0.700 bits per heavy atom. The summed E-state index contributed by atoms with van der Waals surface area (Å²) < 4.78 is 91.4. The minimum absolute atomic E-state index is 0.0179. The van der Waals surface area contributed by atoms with Gasteiger partial charge in [-0.3, -0.25) is 14.7 Å². The molecule has 0 fully saturated rings. The molecule has 308 valence electrons. The summed E-state index contributed by atoms with van der Waals surface area (Å²) in [6.07, 6.45) is 4.88. The number of nitrogens with two attached hydrogens (primary N) is 1. The van der Waals surface area contributed by atoms with E-state index in [0.29, 0.717) is 0 Å². The number of ether oxygens (including phenoxy) is 2. The van der Waals surface area contributed by atoms with Crippen LogP contribution in [0.3, 0.4) is 0 Å². The lowest BCUT2D eigenvalue weighted by atomic mass is 9.80. The van der Waals surface area contributed by atoms with Crippen LogP contribution in [0.5, 0.6) is 5.88 Å². The highest BCUT2D eigenvalue weighted by Gasteiger charge is 2.38. The maximum Gasteiger partial charge on any atom is 0.263 e. The Bertz CT molecular complexity index is 2600. The van der Waals surface area contributed by atoms with Crippen molar-refractivity contribution in [2.45, 2.75) is 39.3 Å². The fourth-order valence-electron chi connectivity index (χ4n) is 5.88. The number of aromatic nitrogens is 4. The summed E-state index contributed by atoms with van der Waals surface area (Å²) in [6, 6.07) is 40.4. The van der Waals surface area contributed by atoms with Crippen molar-refractivity contribution in [3.8, 4) is 5.88 Å². The predicted octanol–water partition coefficient (Wildman–Crippen LogP) is 7.75. The van der Waals surface area contributed by atoms with Gasteiger partial charge in [-0.2, -0.15) is 4.98 Å². The zero-order valence-electron chi connectivity index (χ0n) is 31.9. The van der Waals surface area contributed by atoms with E-state index in [4.69, 9.17) is 14.6 Å². The molecule has 17 heteroatoms. The van der Waals surface area contributed by atoms with Gasteiger partial charge in [0.2, 0.25) is 15.9 Å². The smallest absolute Gasteiger partial charge is 0.263 e. The van der Waals surface area contributed by atoms with E-state index < -0.39 is 43.4 Å². The second kappa shape index (κ2) is 19.8. The zero-order valence-corrected chi connectivity index (χ0v) is 34.3. The van der Waals surface area contributed by atoms with Crippen molar-refractivity contribution in [3.05, 3.63) is 198 Å². The quantitative estimate of drug-likeness (QED) is 0.0586. The Kier molecular flexibility index (Phi) is 14.3. The van der Waals surface area contributed by atoms with Gasteiger partial charge in [0.05, 0.1) is 16.4 Å². The molecule has 0 saturated heterocycles. The van der Waals surface area contributed by atoms with Crippen LogP contribution in [0.2, 0.25) is 0 Å². The molecule has 0 radical (unpaired) electrons. The van der Waals surface area contributed by atoms with Crippen molar-refractivity contribution < 1.29 is 35.1 Å². The molecule has 1 atom stereocenters. The van der Waals surface area contributed by atoms with E-state index in [9.17, 15) is 25.6 Å². The van der Waals surface area contributed by atoms with Gasteiger partial charge in [-0.1, -0.05) is 115 Å². The first kappa shape index (κ1) is 43.5. The van der Waals surface area contributed by atoms with Gasteiger partial charge in [0.15, 0.2) is 16.8 Å². The van der Waals surface area contributed by atoms with Gasteiger partial charge in [-0.05, 0) is 53.9 Å². The molecule has 0 spiro atoms. The van der Waals surface area contributed by atoms with Crippen molar-refractivity contribution in [1.29, 1.82) is 0 Å². The lowest BCUT2D eigenvalue weighted by Gasteiger charge is -2.36. The second-order valence-electron chi connectivity index (χ2n) is 12.9. The van der Waals surface area contributed by atoms with E-state index in [1.54, 1.807) is 0 Å². The third-order valence-corrected chi connectivity index (χ3v) is 11.8. The van der Waals surface area contributed by atoms with E-state index >= 15 is 0 Å². The molecule has 0 aliphatic carbocycles. The summed E-state index contributed by atoms with van der Waals surface area (Å²) in [6.45, 7) is 1.90. The molecule has 3 aromatic heterocycles. The van der Waals surface area contributed by atoms with Crippen LogP contribution in [0, 0.1) is 11.6 Å². The number of rotatable bonds is 15. The number of primary sulfonamides is 1. The number of benzene rings is 4. The van der Waals surface area contributed by atoms with Crippen LogP contribution in [0.25, 0.3) is 0 Å². The second-order valence-corrected chi connectivity index (χ2v) is 17.1. The van der Waals surface area contributed by atoms with Crippen LogP contribution in [0.15, 0.2) is 179 Å². The summed E-state index contributed by atoms with van der Waals surface area (Å²) in [5.74, 6) is -1.99. The van der Waals surface area contributed by atoms with Crippen molar-refractivity contribution in [3.63, 3.8) is 0 Å². The number of halogens is 2. The molecule has 4 aromatic carbocycles. The number of thioether (sulfide) groups is 1. The zero-order chi connectivity index (χ0) is 42.6. The average Bonchev–Trinajstić information content (AvgIpc) is 3.26. The van der Waals surface area contributed by atoms with Gasteiger partial charge in [0, 0.05) is 42.2 Å². The van der Waals surface area contributed by atoms with Gasteiger partial charge in [-0.25, -0.2) is 35.7 Å². The molecule has 12 nitrogen and oxygen atoms in total. The SMILES string of the molecule is C[C@H](COC(c1ccccc1)(c1ccccc1)c1ccccc1)Oc1cc(NS(=O)(=O)c2ccncc2)nc(SCc2cccc(F)c2F)n1.NS(=O)(=O)c1ccncc1. The van der Waals surface area contributed by atoms with Crippen molar-refractivity contribution >= 4 is 37.6 Å². The van der Waals surface area contributed by atoms with Gasteiger partial charge >= 0.3 is 0 Å². The summed E-state index contributed by atoms with van der Waals surface area (Å²) in [4.78, 5) is 16.4. The van der Waals surface area contributed by atoms with Crippen LogP contribution in [-0.4, -0.2) is 49.5 Å². The fourth-order valence-corrected chi connectivity index (χ4v) is 8.18. The van der Waals surface area contributed by atoms with E-state index in [0.717, 1.165) is 34.5 Å². The van der Waals surface area contributed by atoms with Crippen molar-refractivity contribution in [1.82, 2.24) is 19.9 Å². The van der Waals surface area contributed by atoms with E-state index in [2.05, 4.69) is 24.7 Å². The Morgan fingerprint density at radius 3 is 1.72 bits per heavy atom. The summed E-state index contributed by atoms with van der Waals surface area (Å²) in [7, 11) is -7.60. The van der Waals surface area contributed by atoms with Crippen LogP contribution in [-0.2, 0) is 36.1 Å². The fraction of sp³-hybridized carbons (Fsp3) is 0.116. The summed E-state index contributed by atoms with van der Waals surface area (Å²) in [5, 5.41) is 4.88. The molecule has 0 amide bonds. The van der Waals surface area contributed by atoms with E-state index in [-0.39, 0.29) is 44.6 Å². The number of sulfonamides is 2. The largest absolute Gasteiger partial charge is 0.472 e. The standard InChI is InChI=1S/C38H32F2N4O4S2.C5H6N2O2S/c1-27(25-47-38(29-13-5-2-6-14-29,30-15-7-3-8-16-30)31-17-9-4-10-18-31)48-35-24-34(44-50(45,46)32-20-22-41-23-21-32)42-37(43-35)49-26-28-12-11-19-33(39)36(28)40;6-10(8,9)5-1-3-7-4-2-5/h2-24,27H,25-26H2,1H3,(H,42,43,44);1-4H,(H2,6,8,9)/t27-;/m1./s1. The van der Waals surface area contributed by atoms with Crippen molar-refractivity contribution in [2.75, 3.05) is 11.3 Å². The predicted molar refractivity (Wildman–Crippen MR) is 224 cm³/mol. The molecule has 60 heavy (non-hydrogen) atoms. The lowest BCUT2D eigenvalue weighted by Crippen LogP contribution is -2.36. The first-order chi connectivity index (χ1) is 28.8. The molecule has 3 heterocycles. The van der Waals surface area contributed by atoms with Crippen LogP contribution in [0.1, 0.15) is 29.2 Å². The highest BCUT2D eigenvalue weighted by atomic mass is 32.2. The first-order valence-corrected chi connectivity index (χ1v) is 22.1. The third-order valence-electron chi connectivity index (χ3n) is 8.65. The van der Waals surface area contributed by atoms with Crippen LogP contribution in [0.4, 0.5) is 14.6 Å². The Hall–Kier alpha value is -6.11. The van der Waals surface area contributed by atoms with Gasteiger partial charge in [0.25, 0.3) is 10.0 Å². The van der Waals surface area contributed by atoms with Gasteiger partial charge < -0.3 is 9.47 Å². The molecule has 0 bridgehead atoms. The monoisotopic (exact) mass is 868 g/mol. The molecule has 0 unspecified atom stereocenters. The Labute approximate surface area is 351 Å². The van der Waals surface area contributed by atoms with Crippen LogP contribution < -0.4 is 14.6 Å². The number of hydrogen-bond donors (Lipinski definition) is 2. The number of anilines is 1. The highest BCUT2D eigenvalue weighted by molar-refractivity contribution is 7.98. The van der Waals surface area contributed by atoms with E-state index in [1.165, 1.54) is 67.3 Å². The number of nitrogens with zero attached hydrogens (tertiary/aromatic N) is 4. The minimum Gasteiger partial charge on any atom is -0.472 e. The number of hydrogen-bond acceptors (Lipinski definition) is 11. The first-order valence-electron chi connectivity index (χ1n) is 18.1. The normalized spacial score (nSPS) is 12.1. The maximum absolute atomic E-state index is 14.4. The number of nitrogens with one attached hydrogen (secondary N) is 1. The molecule has 0 aliphatic rings. The van der Waals surface area contributed by atoms with Gasteiger partial charge in [0.1, 0.15) is 17.5 Å². The average molecular weight is 869 g/mol. The maximum atomic E-state index is 14.4. The molecule has 0 aliphatic heterocycles. The Balaban J connectivity index is 0.000000529. The Morgan fingerprint density at radius 2 is 1.22 bits per heavy atom. The molecule has 0 saturated carbocycles. The number of pyridine rings is 2. The molecular weight excluding hydrogens is 831 g/mol. The van der Waals surface area contributed by atoms with Crippen molar-refractivity contribution in [2.24, 2.45) is 5.14 Å². The van der Waals surface area contributed by atoms with E-state index in [1.807, 2.05) is 97.9 Å². The molecule has 7 rings (SSSR count). The summed E-state index contributed by atoms with van der Waals surface area (Å²) in [5.41, 5.74) is 1.87. The van der Waals surface area contributed by atoms with Crippen LogP contribution >= 0.6 is 11.8 Å².